The first kappa shape index (κ1) is 32.9. The maximum atomic E-state index is 2.50. The largest absolute Gasteiger partial charge is 0.138 e. The molecule has 0 spiro atoms. The molecule has 0 fully saturated rings. The van der Waals surface area contributed by atoms with Crippen molar-refractivity contribution in [1.29, 1.82) is 0 Å². The summed E-state index contributed by atoms with van der Waals surface area (Å²) in [7, 11) is 0. The first-order chi connectivity index (χ1) is 28.2. The molecule has 0 N–H and O–H groups in total. The zero-order valence-electron chi connectivity index (χ0n) is 31.4. The lowest BCUT2D eigenvalue weighted by molar-refractivity contribution is 0.629. The lowest BCUT2D eigenvalue weighted by atomic mass is 9.79. The van der Waals surface area contributed by atoms with Gasteiger partial charge in [0.1, 0.15) is 0 Å². The van der Waals surface area contributed by atoms with Gasteiger partial charge in [0, 0.05) is 41.1 Å². The Labute approximate surface area is 339 Å². The molecule has 2 unspecified atom stereocenters. The van der Waals surface area contributed by atoms with Gasteiger partial charge in [-0.05, 0) is 94.9 Å². The lowest BCUT2D eigenvalue weighted by Gasteiger charge is -2.26. The van der Waals surface area contributed by atoms with Crippen molar-refractivity contribution in [3.8, 4) is 33.4 Å². The third-order valence-electron chi connectivity index (χ3n) is 12.4. The monoisotopic (exact) mass is 760 g/mol. The number of benzene rings is 9. The maximum Gasteiger partial charge on any atom is 0.0434 e. The van der Waals surface area contributed by atoms with Gasteiger partial charge in [0.2, 0.25) is 0 Å². The number of hydrogen-bond donors (Lipinski definition) is 0. The molecule has 0 nitrogen and oxygen atoms in total. The average molecular weight is 761 g/mol. The minimum absolute atomic E-state index is 0.280. The van der Waals surface area contributed by atoms with E-state index in [1.54, 1.807) is 0 Å². The SMILES string of the molecule is CC1C=Cc2c(sc3c(-c4cccc(-c5cccc6c5sc5c(-c7ccccc7)cccc56)c4)cccc23)C1c1ccc2c3ccccc3c3ccccc3c2c1. The second-order valence-electron chi connectivity index (χ2n) is 15.6. The molecule has 11 aromatic rings. The Morgan fingerprint density at radius 3 is 1.47 bits per heavy atom. The van der Waals surface area contributed by atoms with Crippen molar-refractivity contribution in [3.63, 3.8) is 0 Å². The average Bonchev–Trinajstić information content (AvgIpc) is 3.85. The van der Waals surface area contributed by atoms with Crippen LogP contribution in [0.2, 0.25) is 0 Å². The summed E-state index contributed by atoms with van der Waals surface area (Å²) in [6, 6.07) is 65.6. The molecule has 2 aromatic heterocycles. The molecule has 268 valence electrons. The van der Waals surface area contributed by atoms with Gasteiger partial charge >= 0.3 is 0 Å². The molecule has 1 aliphatic rings. The fourth-order valence-corrected chi connectivity index (χ4v) is 12.6. The highest BCUT2D eigenvalue weighted by atomic mass is 32.1. The lowest BCUT2D eigenvalue weighted by Crippen LogP contribution is -2.12. The van der Waals surface area contributed by atoms with Crippen molar-refractivity contribution in [3.05, 3.63) is 198 Å². The molecular formula is C55H36S2. The summed E-state index contributed by atoms with van der Waals surface area (Å²) in [4.78, 5) is 1.47. The Hall–Kier alpha value is -6.32. The van der Waals surface area contributed by atoms with Crippen molar-refractivity contribution < 1.29 is 0 Å². The summed E-state index contributed by atoms with van der Waals surface area (Å²) in [5.41, 5.74) is 10.4. The summed E-state index contributed by atoms with van der Waals surface area (Å²) in [5.74, 6) is 0.660. The standard InChI is InChI=1S/C55H36S2/c1-33-27-29-49-48-26-12-23-40(54(48)57-55(49)51(33)37-28-30-45-43-19-6-5-17-41(43)42-18-7-8-20-44(42)50(45)32-37)36-16-9-15-35(31-36)39-22-11-25-47-46-24-10-21-38(52(46)56-53(39)47)34-13-3-2-4-14-34/h2-33,51H,1H3. The van der Waals surface area contributed by atoms with Crippen molar-refractivity contribution in [2.45, 2.75) is 12.8 Å². The van der Waals surface area contributed by atoms with Gasteiger partial charge in [0.25, 0.3) is 0 Å². The van der Waals surface area contributed by atoms with Gasteiger partial charge in [-0.1, -0.05) is 183 Å². The molecule has 0 saturated heterocycles. The predicted octanol–water partition coefficient (Wildman–Crippen LogP) is 16.5. The van der Waals surface area contributed by atoms with Crippen LogP contribution >= 0.6 is 22.7 Å². The minimum atomic E-state index is 0.280. The van der Waals surface area contributed by atoms with Crippen LogP contribution in [-0.2, 0) is 0 Å². The molecule has 0 bridgehead atoms. The first-order valence-corrected chi connectivity index (χ1v) is 21.5. The second kappa shape index (κ2) is 12.9. The maximum absolute atomic E-state index is 2.50. The molecule has 0 radical (unpaired) electrons. The van der Waals surface area contributed by atoms with E-state index in [0.29, 0.717) is 5.92 Å². The van der Waals surface area contributed by atoms with Crippen LogP contribution in [0.5, 0.6) is 0 Å². The number of thiophene rings is 2. The highest BCUT2D eigenvalue weighted by molar-refractivity contribution is 7.27. The van der Waals surface area contributed by atoms with E-state index < -0.39 is 0 Å². The van der Waals surface area contributed by atoms with E-state index in [0.717, 1.165) is 0 Å². The molecular weight excluding hydrogens is 725 g/mol. The highest BCUT2D eigenvalue weighted by Gasteiger charge is 2.29. The molecule has 0 amide bonds. The van der Waals surface area contributed by atoms with Crippen LogP contribution in [0.25, 0.3) is 102 Å². The highest BCUT2D eigenvalue weighted by Crippen LogP contribution is 2.50. The topological polar surface area (TPSA) is 0 Å². The van der Waals surface area contributed by atoms with E-state index in [2.05, 4.69) is 195 Å². The van der Waals surface area contributed by atoms with Crippen molar-refractivity contribution in [2.24, 2.45) is 5.92 Å². The third kappa shape index (κ3) is 5.04. The molecule has 1 aliphatic carbocycles. The second-order valence-corrected chi connectivity index (χ2v) is 17.6. The van der Waals surface area contributed by atoms with Gasteiger partial charge in [0.05, 0.1) is 0 Å². The molecule has 2 atom stereocenters. The number of allylic oxidation sites excluding steroid dienone is 1. The van der Waals surface area contributed by atoms with Crippen LogP contribution in [0.15, 0.2) is 182 Å². The Bertz CT molecular complexity index is 3400. The van der Waals surface area contributed by atoms with Crippen LogP contribution in [0.3, 0.4) is 0 Å². The Morgan fingerprint density at radius 1 is 0.368 bits per heavy atom. The van der Waals surface area contributed by atoms with Crippen LogP contribution in [0.4, 0.5) is 0 Å². The Morgan fingerprint density at radius 2 is 0.842 bits per heavy atom. The van der Waals surface area contributed by atoms with E-state index in [-0.39, 0.29) is 5.92 Å². The zero-order chi connectivity index (χ0) is 37.6. The molecule has 57 heavy (non-hydrogen) atoms. The van der Waals surface area contributed by atoms with Gasteiger partial charge < -0.3 is 0 Å². The van der Waals surface area contributed by atoms with Crippen LogP contribution in [0, 0.1) is 5.92 Å². The summed E-state index contributed by atoms with van der Waals surface area (Å²) < 4.78 is 4.06. The van der Waals surface area contributed by atoms with Gasteiger partial charge in [-0.2, -0.15) is 0 Å². The summed E-state index contributed by atoms with van der Waals surface area (Å²) in [6.07, 6.45) is 4.83. The molecule has 0 saturated carbocycles. The fraction of sp³-hybridized carbons (Fsp3) is 0.0545. The van der Waals surface area contributed by atoms with E-state index in [9.17, 15) is 0 Å². The predicted molar refractivity (Wildman–Crippen MR) is 250 cm³/mol. The summed E-state index contributed by atoms with van der Waals surface area (Å²) in [5, 5.41) is 12.0. The van der Waals surface area contributed by atoms with E-state index >= 15 is 0 Å². The van der Waals surface area contributed by atoms with Crippen LogP contribution < -0.4 is 0 Å². The summed E-state index contributed by atoms with van der Waals surface area (Å²) >= 11 is 3.92. The Kier molecular flexibility index (Phi) is 7.42. The van der Waals surface area contributed by atoms with E-state index in [4.69, 9.17) is 0 Å². The fourth-order valence-electron chi connectivity index (χ4n) is 9.71. The zero-order valence-corrected chi connectivity index (χ0v) is 33.0. The quantitative estimate of drug-likeness (QED) is 0.157. The normalized spacial score (nSPS) is 15.4. The molecule has 2 heteroatoms. The molecule has 0 aliphatic heterocycles. The number of rotatable bonds is 4. The van der Waals surface area contributed by atoms with Crippen molar-refractivity contribution in [1.82, 2.24) is 0 Å². The minimum Gasteiger partial charge on any atom is -0.138 e. The Balaban J connectivity index is 0.990. The van der Waals surface area contributed by atoms with Crippen LogP contribution in [-0.4, -0.2) is 0 Å². The van der Waals surface area contributed by atoms with E-state index in [1.807, 2.05) is 22.7 Å². The number of fused-ring (bicyclic) bond motifs is 12. The van der Waals surface area contributed by atoms with E-state index in [1.165, 1.54) is 112 Å². The smallest absolute Gasteiger partial charge is 0.0434 e. The molecule has 2 heterocycles. The van der Waals surface area contributed by atoms with Gasteiger partial charge in [-0.15, -0.1) is 22.7 Å². The molecule has 9 aromatic carbocycles. The van der Waals surface area contributed by atoms with Gasteiger partial charge in [-0.3, -0.25) is 0 Å². The van der Waals surface area contributed by atoms with Crippen LogP contribution in [0.1, 0.15) is 28.8 Å². The van der Waals surface area contributed by atoms with Crippen molar-refractivity contribution >= 4 is 91.3 Å². The third-order valence-corrected chi connectivity index (χ3v) is 15.0. The summed E-state index contributed by atoms with van der Waals surface area (Å²) in [6.45, 7) is 2.39. The van der Waals surface area contributed by atoms with Crippen molar-refractivity contribution in [2.75, 3.05) is 0 Å². The molecule has 12 rings (SSSR count). The van der Waals surface area contributed by atoms with Gasteiger partial charge in [-0.25, -0.2) is 0 Å². The number of hydrogen-bond acceptors (Lipinski definition) is 2. The first-order valence-electron chi connectivity index (χ1n) is 19.9. The van der Waals surface area contributed by atoms with Gasteiger partial charge in [0.15, 0.2) is 0 Å².